The summed E-state index contributed by atoms with van der Waals surface area (Å²) in [6.45, 7) is 6.33. The lowest BCUT2D eigenvalue weighted by Gasteiger charge is -2.29. The van der Waals surface area contributed by atoms with Gasteiger partial charge in [0.1, 0.15) is 0 Å². The van der Waals surface area contributed by atoms with Gasteiger partial charge in [0.25, 0.3) is 0 Å². The molecular formula is C18H24NO3P. The van der Waals surface area contributed by atoms with Crippen molar-refractivity contribution < 1.29 is 13.6 Å². The molecule has 0 bridgehead atoms. The van der Waals surface area contributed by atoms with Crippen LogP contribution >= 0.6 is 7.75 Å². The fourth-order valence-electron chi connectivity index (χ4n) is 2.40. The maximum absolute atomic E-state index is 13.0. The normalized spacial score (nSPS) is 11.5. The Balaban J connectivity index is 2.47. The van der Waals surface area contributed by atoms with Gasteiger partial charge in [-0.1, -0.05) is 48.0 Å². The van der Waals surface area contributed by atoms with Crippen LogP contribution in [-0.4, -0.2) is 20.3 Å². The Kier molecular flexibility index (Phi) is 6.00. The lowest BCUT2D eigenvalue weighted by atomic mass is 10.0. The zero-order chi connectivity index (χ0) is 16.9. The van der Waals surface area contributed by atoms with Crippen molar-refractivity contribution in [3.05, 3.63) is 54.1 Å². The summed E-state index contributed by atoms with van der Waals surface area (Å²) in [7, 11) is -1.61. The Morgan fingerprint density at radius 1 is 0.957 bits per heavy atom. The number of para-hydroxylation sites is 1. The molecule has 0 radical (unpaired) electrons. The van der Waals surface area contributed by atoms with Crippen LogP contribution in [0.2, 0.25) is 0 Å². The number of anilines is 1. The highest BCUT2D eigenvalue weighted by molar-refractivity contribution is 7.55. The van der Waals surface area contributed by atoms with Crippen LogP contribution in [0.5, 0.6) is 0 Å². The average Bonchev–Trinajstić information content (AvgIpc) is 2.55. The van der Waals surface area contributed by atoms with E-state index in [0.717, 1.165) is 16.8 Å². The van der Waals surface area contributed by atoms with Crippen LogP contribution in [0.15, 0.2) is 48.5 Å². The Bertz CT molecular complexity index is 675. The Morgan fingerprint density at radius 2 is 1.52 bits per heavy atom. The quantitative estimate of drug-likeness (QED) is 0.646. The molecule has 0 saturated carbocycles. The molecule has 0 spiro atoms. The van der Waals surface area contributed by atoms with Gasteiger partial charge in [-0.2, -0.15) is 0 Å². The van der Waals surface area contributed by atoms with Crippen molar-refractivity contribution >= 4 is 13.4 Å². The number of nitrogens with zero attached hydrogens (tertiary/aromatic N) is 1. The van der Waals surface area contributed by atoms with Crippen LogP contribution in [0.4, 0.5) is 5.69 Å². The third-order valence-corrected chi connectivity index (χ3v) is 5.69. The summed E-state index contributed by atoms with van der Waals surface area (Å²) in [6.07, 6.45) is 0. The summed E-state index contributed by atoms with van der Waals surface area (Å²) >= 11 is 0. The van der Waals surface area contributed by atoms with Crippen LogP contribution in [-0.2, 0) is 13.6 Å². The molecule has 0 unspecified atom stereocenters. The fraction of sp³-hybridized carbons (Fsp3) is 0.333. The highest BCUT2D eigenvalue weighted by Crippen LogP contribution is 2.54. The van der Waals surface area contributed by atoms with Gasteiger partial charge in [-0.3, -0.25) is 13.7 Å². The van der Waals surface area contributed by atoms with Crippen molar-refractivity contribution in [2.45, 2.75) is 20.8 Å². The summed E-state index contributed by atoms with van der Waals surface area (Å²) in [5.74, 6) is 0. The maximum Gasteiger partial charge on any atom is 0.435 e. The summed E-state index contributed by atoms with van der Waals surface area (Å²) in [6, 6.07) is 16.1. The molecule has 4 nitrogen and oxygen atoms in total. The largest absolute Gasteiger partial charge is 0.435 e. The van der Waals surface area contributed by atoms with Gasteiger partial charge in [0.15, 0.2) is 0 Å². The first-order valence-corrected chi connectivity index (χ1v) is 9.30. The van der Waals surface area contributed by atoms with Crippen LogP contribution in [0.25, 0.3) is 11.1 Å². The molecule has 5 heteroatoms. The van der Waals surface area contributed by atoms with E-state index in [4.69, 9.17) is 9.05 Å². The SMILES string of the molecule is CCOP(=O)(OCC)N(C)c1ccccc1-c1ccc(C)cc1. The Morgan fingerprint density at radius 3 is 2.09 bits per heavy atom. The minimum absolute atomic E-state index is 0.328. The summed E-state index contributed by atoms with van der Waals surface area (Å²) in [5.41, 5.74) is 4.09. The molecular weight excluding hydrogens is 309 g/mol. The first-order chi connectivity index (χ1) is 11.0. The third-order valence-electron chi connectivity index (χ3n) is 3.57. The van der Waals surface area contributed by atoms with Crippen molar-refractivity contribution in [1.82, 2.24) is 0 Å². The zero-order valence-electron chi connectivity index (χ0n) is 14.2. The second kappa shape index (κ2) is 7.78. The molecule has 124 valence electrons. The molecule has 0 fully saturated rings. The fourth-order valence-corrected chi connectivity index (χ4v) is 3.91. The van der Waals surface area contributed by atoms with E-state index in [2.05, 4.69) is 31.2 Å². The number of hydrogen-bond donors (Lipinski definition) is 0. The maximum atomic E-state index is 13.0. The van der Waals surface area contributed by atoms with Gasteiger partial charge in [0.05, 0.1) is 18.9 Å². The summed E-state index contributed by atoms with van der Waals surface area (Å²) in [5, 5.41) is 0. The van der Waals surface area contributed by atoms with E-state index in [9.17, 15) is 4.57 Å². The predicted molar refractivity (Wildman–Crippen MR) is 95.9 cm³/mol. The molecule has 0 aliphatic rings. The molecule has 23 heavy (non-hydrogen) atoms. The Labute approximate surface area is 138 Å². The predicted octanol–water partition coefficient (Wildman–Crippen LogP) is 5.28. The highest BCUT2D eigenvalue weighted by atomic mass is 31.2. The molecule has 0 aliphatic carbocycles. The average molecular weight is 333 g/mol. The standard InChI is InChI=1S/C18H24NO3P/c1-5-21-23(20,22-6-2)19(4)18-10-8-7-9-17(18)16-13-11-15(3)12-14-16/h7-14H,5-6H2,1-4H3. The zero-order valence-corrected chi connectivity index (χ0v) is 15.0. The van der Waals surface area contributed by atoms with Crippen molar-refractivity contribution in [2.75, 3.05) is 24.9 Å². The van der Waals surface area contributed by atoms with Crippen molar-refractivity contribution in [3.8, 4) is 11.1 Å². The molecule has 0 aliphatic heterocycles. The summed E-state index contributed by atoms with van der Waals surface area (Å²) < 4.78 is 25.6. The van der Waals surface area contributed by atoms with Gasteiger partial charge in [-0.25, -0.2) is 4.57 Å². The smallest absolute Gasteiger partial charge is 0.292 e. The summed E-state index contributed by atoms with van der Waals surface area (Å²) in [4.78, 5) is 0. The molecule has 0 N–H and O–H groups in total. The molecule has 2 rings (SSSR count). The van der Waals surface area contributed by atoms with Gasteiger partial charge in [-0.05, 0) is 32.4 Å². The lowest BCUT2D eigenvalue weighted by Crippen LogP contribution is -2.18. The van der Waals surface area contributed by atoms with Gasteiger partial charge >= 0.3 is 7.75 Å². The molecule has 0 saturated heterocycles. The van der Waals surface area contributed by atoms with Crippen molar-refractivity contribution in [3.63, 3.8) is 0 Å². The Hall–Kier alpha value is -1.61. The topological polar surface area (TPSA) is 38.8 Å². The highest BCUT2D eigenvalue weighted by Gasteiger charge is 2.31. The minimum atomic E-state index is -3.36. The molecule has 0 heterocycles. The molecule has 0 aromatic heterocycles. The third kappa shape index (κ3) is 4.03. The van der Waals surface area contributed by atoms with E-state index >= 15 is 0 Å². The van der Waals surface area contributed by atoms with Crippen molar-refractivity contribution in [2.24, 2.45) is 0 Å². The first kappa shape index (κ1) is 17.7. The number of aryl methyl sites for hydroxylation is 1. The van der Waals surface area contributed by atoms with Crippen molar-refractivity contribution in [1.29, 1.82) is 0 Å². The molecule has 2 aromatic rings. The molecule has 2 aromatic carbocycles. The van der Waals surface area contributed by atoms with Gasteiger partial charge in [0.2, 0.25) is 0 Å². The molecule has 0 amide bonds. The van der Waals surface area contributed by atoms with Gasteiger partial charge in [-0.15, -0.1) is 0 Å². The van der Waals surface area contributed by atoms with Crippen LogP contribution in [0, 0.1) is 6.92 Å². The van der Waals surface area contributed by atoms with E-state index in [1.807, 2.05) is 38.1 Å². The molecule has 0 atom stereocenters. The second-order valence-corrected chi connectivity index (χ2v) is 7.26. The van der Waals surface area contributed by atoms with E-state index in [1.54, 1.807) is 11.7 Å². The second-order valence-electron chi connectivity index (χ2n) is 5.21. The number of rotatable bonds is 7. The lowest BCUT2D eigenvalue weighted by molar-refractivity contribution is 0.219. The number of benzene rings is 2. The minimum Gasteiger partial charge on any atom is -0.292 e. The van der Waals surface area contributed by atoms with Gasteiger partial charge < -0.3 is 0 Å². The van der Waals surface area contributed by atoms with E-state index in [-0.39, 0.29) is 0 Å². The number of hydrogen-bond acceptors (Lipinski definition) is 3. The van der Waals surface area contributed by atoms with E-state index in [0.29, 0.717) is 13.2 Å². The van der Waals surface area contributed by atoms with E-state index in [1.165, 1.54) is 5.56 Å². The van der Waals surface area contributed by atoms with Gasteiger partial charge in [0, 0.05) is 12.6 Å². The van der Waals surface area contributed by atoms with E-state index < -0.39 is 7.75 Å². The first-order valence-electron chi connectivity index (χ1n) is 7.81. The monoisotopic (exact) mass is 333 g/mol. The van der Waals surface area contributed by atoms with Crippen LogP contribution in [0.3, 0.4) is 0 Å². The van der Waals surface area contributed by atoms with Crippen LogP contribution in [0.1, 0.15) is 19.4 Å². The van der Waals surface area contributed by atoms with Crippen LogP contribution < -0.4 is 4.67 Å².